The number of carbonyl (C=O) groups excluding carboxylic acids is 2. The Morgan fingerprint density at radius 3 is 2.55 bits per heavy atom. The number of carbonyl (C=O) groups is 2. The molecule has 0 unspecified atom stereocenters. The first kappa shape index (κ1) is 21.5. The van der Waals surface area contributed by atoms with Gasteiger partial charge < -0.3 is 10.1 Å². The maximum Gasteiger partial charge on any atom is 0.336 e. The minimum Gasteiger partial charge on any atom is -0.463 e. The minimum atomic E-state index is -0.507. The molecule has 0 spiro atoms. The molecule has 1 N–H and O–H groups in total. The Kier molecular flexibility index (Phi) is 6.10. The average Bonchev–Trinajstić information content (AvgIpc) is 2.73. The van der Waals surface area contributed by atoms with E-state index < -0.39 is 11.9 Å². The summed E-state index contributed by atoms with van der Waals surface area (Å²) in [5.41, 5.74) is 4.35. The highest BCUT2D eigenvalue weighted by atomic mass is 79.9. The molecule has 1 aliphatic carbocycles. The molecule has 2 atom stereocenters. The van der Waals surface area contributed by atoms with E-state index in [0.717, 1.165) is 21.3 Å². The Hall–Kier alpha value is -2.73. The van der Waals surface area contributed by atoms with E-state index in [-0.39, 0.29) is 24.1 Å². The third-order valence-electron chi connectivity index (χ3n) is 5.88. The molecule has 0 saturated carbocycles. The van der Waals surface area contributed by atoms with Crippen molar-refractivity contribution in [3.05, 3.63) is 92.5 Å². The Bertz CT molecular complexity index is 1100. The molecule has 2 aromatic carbocycles. The van der Waals surface area contributed by atoms with Crippen LogP contribution in [0.5, 0.6) is 0 Å². The van der Waals surface area contributed by atoms with Crippen LogP contribution in [-0.2, 0) is 14.3 Å². The number of hydrogen-bond acceptors (Lipinski definition) is 4. The van der Waals surface area contributed by atoms with Gasteiger partial charge in [-0.2, -0.15) is 0 Å². The molecule has 31 heavy (non-hydrogen) atoms. The molecule has 0 bridgehead atoms. The number of nitrogens with one attached hydrogen (secondary N) is 1. The fourth-order valence-electron chi connectivity index (χ4n) is 4.51. The molecule has 1 aliphatic heterocycles. The number of rotatable bonds is 4. The predicted molar refractivity (Wildman–Crippen MR) is 120 cm³/mol. The molecule has 6 heteroatoms. The first-order valence-corrected chi connectivity index (χ1v) is 11.1. The van der Waals surface area contributed by atoms with Crippen molar-refractivity contribution in [3.8, 4) is 0 Å². The number of halogens is 2. The molecule has 2 aliphatic rings. The molecular weight excluding hydrogens is 461 g/mol. The van der Waals surface area contributed by atoms with Crippen molar-refractivity contribution in [2.45, 2.75) is 38.5 Å². The molecule has 0 aromatic heterocycles. The Morgan fingerprint density at radius 1 is 1.16 bits per heavy atom. The van der Waals surface area contributed by atoms with Crippen LogP contribution in [0.15, 0.2) is 75.5 Å². The van der Waals surface area contributed by atoms with Gasteiger partial charge in [-0.1, -0.05) is 46.3 Å². The van der Waals surface area contributed by atoms with Crippen molar-refractivity contribution in [3.63, 3.8) is 0 Å². The number of benzene rings is 2. The molecule has 4 rings (SSSR count). The number of allylic oxidation sites excluding steroid dienone is 3. The summed E-state index contributed by atoms with van der Waals surface area (Å²) in [5, 5.41) is 3.32. The highest BCUT2D eigenvalue weighted by molar-refractivity contribution is 9.10. The summed E-state index contributed by atoms with van der Waals surface area (Å²) in [4.78, 5) is 26.3. The van der Waals surface area contributed by atoms with Crippen LogP contribution < -0.4 is 5.32 Å². The van der Waals surface area contributed by atoms with Crippen LogP contribution in [0.1, 0.15) is 49.7 Å². The average molecular weight is 484 g/mol. The third kappa shape index (κ3) is 4.09. The zero-order valence-electron chi connectivity index (χ0n) is 17.4. The number of esters is 1. The highest BCUT2D eigenvalue weighted by Gasteiger charge is 2.41. The van der Waals surface area contributed by atoms with Crippen molar-refractivity contribution >= 4 is 27.7 Å². The molecule has 2 aromatic rings. The Balaban J connectivity index is 1.81. The van der Waals surface area contributed by atoms with Crippen molar-refractivity contribution < 1.29 is 18.7 Å². The lowest BCUT2D eigenvalue weighted by Crippen LogP contribution is -2.36. The predicted octanol–water partition coefficient (Wildman–Crippen LogP) is 5.51. The first-order chi connectivity index (χ1) is 14.9. The van der Waals surface area contributed by atoms with E-state index in [1.54, 1.807) is 19.1 Å². The summed E-state index contributed by atoms with van der Waals surface area (Å²) in [5.74, 6) is -1.29. The second-order valence-corrected chi connectivity index (χ2v) is 8.67. The maximum absolute atomic E-state index is 13.4. The van der Waals surface area contributed by atoms with Crippen LogP contribution in [0.25, 0.3) is 0 Å². The number of Topliss-reactive ketones (excluding diaryl/α,β-unsaturated/α-hetero) is 1. The van der Waals surface area contributed by atoms with Crippen molar-refractivity contribution in [2.24, 2.45) is 0 Å². The number of hydrogen-bond donors (Lipinski definition) is 1. The summed E-state index contributed by atoms with van der Waals surface area (Å²) in [6.45, 7) is 3.86. The van der Waals surface area contributed by atoms with Gasteiger partial charge in [0.15, 0.2) is 5.78 Å². The van der Waals surface area contributed by atoms with Crippen molar-refractivity contribution in [1.82, 2.24) is 5.32 Å². The lowest BCUT2D eigenvalue weighted by atomic mass is 9.72. The monoisotopic (exact) mass is 483 g/mol. The van der Waals surface area contributed by atoms with Gasteiger partial charge in [0.25, 0.3) is 0 Å². The van der Waals surface area contributed by atoms with Crippen LogP contribution in [0, 0.1) is 5.82 Å². The summed E-state index contributed by atoms with van der Waals surface area (Å²) in [6, 6.07) is 13.9. The van der Waals surface area contributed by atoms with Crippen molar-refractivity contribution in [2.75, 3.05) is 6.61 Å². The molecular formula is C25H23BrFNO3. The van der Waals surface area contributed by atoms with E-state index in [2.05, 4.69) is 21.2 Å². The van der Waals surface area contributed by atoms with E-state index in [9.17, 15) is 14.0 Å². The smallest absolute Gasteiger partial charge is 0.336 e. The van der Waals surface area contributed by atoms with Gasteiger partial charge in [-0.25, -0.2) is 9.18 Å². The van der Waals surface area contributed by atoms with Gasteiger partial charge in [-0.15, -0.1) is 0 Å². The largest absolute Gasteiger partial charge is 0.463 e. The number of ketones is 1. The fraction of sp³-hybridized carbons (Fsp3) is 0.280. The summed E-state index contributed by atoms with van der Waals surface area (Å²) in [6.07, 6.45) is 0.920. The molecule has 4 nitrogen and oxygen atoms in total. The second-order valence-electron chi connectivity index (χ2n) is 7.81. The molecule has 160 valence electrons. The Morgan fingerprint density at radius 2 is 1.87 bits per heavy atom. The van der Waals surface area contributed by atoms with E-state index in [4.69, 9.17) is 4.74 Å². The normalized spacial score (nSPS) is 21.0. The number of ether oxygens (including phenoxy) is 1. The SMILES string of the molecule is CCOC(=O)C1=C(C)NC2=C(C(=O)C[C@H](c3ccc(F)cc3)C2)[C@@H]1c1ccccc1Br. The van der Waals surface area contributed by atoms with Crippen LogP contribution in [0.2, 0.25) is 0 Å². The summed E-state index contributed by atoms with van der Waals surface area (Å²) in [7, 11) is 0. The molecule has 0 radical (unpaired) electrons. The summed E-state index contributed by atoms with van der Waals surface area (Å²) < 4.78 is 19.5. The highest BCUT2D eigenvalue weighted by Crippen LogP contribution is 2.47. The fourth-order valence-corrected chi connectivity index (χ4v) is 5.02. The Labute approximate surface area is 189 Å². The van der Waals surface area contributed by atoms with Crippen LogP contribution in [-0.4, -0.2) is 18.4 Å². The molecule has 1 heterocycles. The third-order valence-corrected chi connectivity index (χ3v) is 6.60. The second kappa shape index (κ2) is 8.79. The maximum atomic E-state index is 13.4. The van der Waals surface area contributed by atoms with Gasteiger partial charge >= 0.3 is 5.97 Å². The standard InChI is InChI=1S/C25H23BrFNO3/c1-3-31-25(30)22-14(2)28-20-12-16(15-8-10-17(27)11-9-15)13-21(29)24(20)23(22)18-6-4-5-7-19(18)26/h4-11,16,23,28H,3,12-13H2,1-2H3/t16-,23-/m1/s1. The van der Waals surface area contributed by atoms with E-state index in [1.807, 2.05) is 31.2 Å². The van der Waals surface area contributed by atoms with Gasteiger partial charge in [-0.05, 0) is 55.5 Å². The van der Waals surface area contributed by atoms with Crippen LogP contribution >= 0.6 is 15.9 Å². The van der Waals surface area contributed by atoms with E-state index in [1.165, 1.54) is 12.1 Å². The topological polar surface area (TPSA) is 55.4 Å². The van der Waals surface area contributed by atoms with Gasteiger partial charge in [0.1, 0.15) is 5.82 Å². The van der Waals surface area contributed by atoms with Gasteiger partial charge in [-0.3, -0.25) is 4.79 Å². The molecule has 0 saturated heterocycles. The quantitative estimate of drug-likeness (QED) is 0.582. The van der Waals surface area contributed by atoms with Gasteiger partial charge in [0, 0.05) is 33.8 Å². The van der Waals surface area contributed by atoms with Crippen molar-refractivity contribution in [1.29, 1.82) is 0 Å². The zero-order chi connectivity index (χ0) is 22.1. The zero-order valence-corrected chi connectivity index (χ0v) is 19.0. The summed E-state index contributed by atoms with van der Waals surface area (Å²) >= 11 is 3.59. The van der Waals surface area contributed by atoms with Gasteiger partial charge in [0.05, 0.1) is 12.2 Å². The number of dihydropyridines is 1. The lowest BCUT2D eigenvalue weighted by Gasteiger charge is -2.37. The lowest BCUT2D eigenvalue weighted by molar-refractivity contribution is -0.138. The first-order valence-electron chi connectivity index (χ1n) is 10.3. The molecule has 0 fully saturated rings. The van der Waals surface area contributed by atoms with Crippen LogP contribution in [0.3, 0.4) is 0 Å². The minimum absolute atomic E-state index is 0.0156. The van der Waals surface area contributed by atoms with E-state index >= 15 is 0 Å². The van der Waals surface area contributed by atoms with Gasteiger partial charge in [0.2, 0.25) is 0 Å². The molecule has 0 amide bonds. The van der Waals surface area contributed by atoms with Crippen LogP contribution in [0.4, 0.5) is 4.39 Å². The van der Waals surface area contributed by atoms with E-state index in [0.29, 0.717) is 29.7 Å².